The van der Waals surface area contributed by atoms with Crippen LogP contribution < -0.4 is 10.2 Å². The van der Waals surface area contributed by atoms with Crippen molar-refractivity contribution in [2.45, 2.75) is 0 Å². The summed E-state index contributed by atoms with van der Waals surface area (Å²) in [6, 6.07) is 7.44. The fourth-order valence-electron chi connectivity index (χ4n) is 1.45. The monoisotopic (exact) mass is 230 g/mol. The van der Waals surface area contributed by atoms with E-state index in [1.807, 2.05) is 37.2 Å². The molecule has 5 heteroatoms. The molecular weight excluding hydrogens is 216 g/mol. The maximum Gasteiger partial charge on any atom is 0.255 e. The molecule has 2 aromatic rings. The van der Waals surface area contributed by atoms with E-state index in [1.54, 1.807) is 18.5 Å². The van der Waals surface area contributed by atoms with Crippen LogP contribution in [0, 0.1) is 0 Å². The molecule has 0 saturated heterocycles. The molecule has 1 aromatic heterocycles. The standard InChI is InChI=1S/C12H14N4O/c1-16(2)11-5-3-4-9(6-11)12(17)15-10-7-13-14-8-10/h3-8H,1-2H3,(H,13,14)(H,15,17). The van der Waals surface area contributed by atoms with Crippen molar-refractivity contribution in [3.8, 4) is 0 Å². The van der Waals surface area contributed by atoms with Crippen molar-refractivity contribution in [1.82, 2.24) is 10.2 Å². The summed E-state index contributed by atoms with van der Waals surface area (Å²) in [6.45, 7) is 0. The van der Waals surface area contributed by atoms with Gasteiger partial charge >= 0.3 is 0 Å². The van der Waals surface area contributed by atoms with E-state index in [0.29, 0.717) is 11.3 Å². The van der Waals surface area contributed by atoms with Crippen LogP contribution >= 0.6 is 0 Å². The summed E-state index contributed by atoms with van der Waals surface area (Å²) in [5.74, 6) is -0.143. The zero-order valence-electron chi connectivity index (χ0n) is 9.77. The number of hydrogen-bond donors (Lipinski definition) is 2. The van der Waals surface area contributed by atoms with Crippen molar-refractivity contribution in [2.75, 3.05) is 24.3 Å². The molecule has 88 valence electrons. The lowest BCUT2D eigenvalue weighted by Gasteiger charge is -2.13. The van der Waals surface area contributed by atoms with Gasteiger partial charge in [0.2, 0.25) is 0 Å². The van der Waals surface area contributed by atoms with Crippen LogP contribution in [0.5, 0.6) is 0 Å². The lowest BCUT2D eigenvalue weighted by atomic mass is 10.2. The number of nitrogens with one attached hydrogen (secondary N) is 2. The maximum absolute atomic E-state index is 11.9. The molecule has 2 rings (SSSR count). The van der Waals surface area contributed by atoms with Gasteiger partial charge < -0.3 is 10.2 Å². The van der Waals surface area contributed by atoms with Gasteiger partial charge in [-0.25, -0.2) is 0 Å². The fourth-order valence-corrected chi connectivity index (χ4v) is 1.45. The van der Waals surface area contributed by atoms with Gasteiger partial charge in [0.1, 0.15) is 0 Å². The Hall–Kier alpha value is -2.30. The van der Waals surface area contributed by atoms with Gasteiger partial charge in [-0.3, -0.25) is 9.89 Å². The average Bonchev–Trinajstić information content (AvgIpc) is 2.82. The summed E-state index contributed by atoms with van der Waals surface area (Å²) >= 11 is 0. The van der Waals surface area contributed by atoms with Gasteiger partial charge in [0, 0.05) is 31.5 Å². The van der Waals surface area contributed by atoms with Crippen LogP contribution in [-0.2, 0) is 0 Å². The fraction of sp³-hybridized carbons (Fsp3) is 0.167. The molecule has 1 aromatic carbocycles. The van der Waals surface area contributed by atoms with Gasteiger partial charge in [-0.15, -0.1) is 0 Å². The second-order valence-corrected chi connectivity index (χ2v) is 3.89. The van der Waals surface area contributed by atoms with Crippen molar-refractivity contribution in [3.05, 3.63) is 42.2 Å². The molecule has 0 aliphatic heterocycles. The van der Waals surface area contributed by atoms with Crippen LogP contribution in [0.25, 0.3) is 0 Å². The molecular formula is C12H14N4O. The topological polar surface area (TPSA) is 61.0 Å². The third-order valence-corrected chi connectivity index (χ3v) is 2.38. The molecule has 5 nitrogen and oxygen atoms in total. The quantitative estimate of drug-likeness (QED) is 0.844. The minimum atomic E-state index is -0.143. The van der Waals surface area contributed by atoms with Gasteiger partial charge in [0.15, 0.2) is 0 Å². The van der Waals surface area contributed by atoms with Gasteiger partial charge in [-0.1, -0.05) is 6.07 Å². The predicted molar refractivity (Wildman–Crippen MR) is 67.3 cm³/mol. The van der Waals surface area contributed by atoms with Crippen LogP contribution in [-0.4, -0.2) is 30.2 Å². The lowest BCUT2D eigenvalue weighted by Crippen LogP contribution is -2.13. The molecule has 0 fully saturated rings. The number of nitrogens with zero attached hydrogens (tertiary/aromatic N) is 2. The normalized spacial score (nSPS) is 10.0. The Bertz CT molecular complexity index is 505. The smallest absolute Gasteiger partial charge is 0.255 e. The molecule has 0 atom stereocenters. The summed E-state index contributed by atoms with van der Waals surface area (Å²) in [6.07, 6.45) is 3.20. The van der Waals surface area contributed by atoms with Gasteiger partial charge in [0.25, 0.3) is 5.91 Å². The number of hydrogen-bond acceptors (Lipinski definition) is 3. The van der Waals surface area contributed by atoms with E-state index in [0.717, 1.165) is 5.69 Å². The highest BCUT2D eigenvalue weighted by atomic mass is 16.1. The molecule has 0 unspecified atom stereocenters. The van der Waals surface area contributed by atoms with Crippen molar-refractivity contribution < 1.29 is 4.79 Å². The van der Waals surface area contributed by atoms with Crippen LogP contribution in [0.1, 0.15) is 10.4 Å². The number of anilines is 2. The molecule has 0 aliphatic rings. The largest absolute Gasteiger partial charge is 0.378 e. The zero-order valence-corrected chi connectivity index (χ0v) is 9.77. The second-order valence-electron chi connectivity index (χ2n) is 3.89. The molecule has 0 bridgehead atoms. The summed E-state index contributed by atoms with van der Waals surface area (Å²) in [5, 5.41) is 9.16. The Morgan fingerprint density at radius 2 is 2.24 bits per heavy atom. The van der Waals surface area contributed by atoms with Crippen LogP contribution in [0.4, 0.5) is 11.4 Å². The predicted octanol–water partition coefficient (Wildman–Crippen LogP) is 1.73. The Balaban J connectivity index is 2.16. The second kappa shape index (κ2) is 4.69. The molecule has 0 spiro atoms. The molecule has 1 heterocycles. The Morgan fingerprint density at radius 1 is 1.41 bits per heavy atom. The van der Waals surface area contributed by atoms with Crippen molar-refractivity contribution in [2.24, 2.45) is 0 Å². The Kier molecular flexibility index (Phi) is 3.09. The summed E-state index contributed by atoms with van der Waals surface area (Å²) in [5.41, 5.74) is 2.27. The van der Waals surface area contributed by atoms with E-state index in [1.165, 1.54) is 0 Å². The first-order valence-corrected chi connectivity index (χ1v) is 5.24. The number of carbonyl (C=O) groups is 1. The number of rotatable bonds is 3. The summed E-state index contributed by atoms with van der Waals surface area (Å²) < 4.78 is 0. The van der Waals surface area contributed by atoms with Crippen LogP contribution in [0.3, 0.4) is 0 Å². The van der Waals surface area contributed by atoms with Gasteiger partial charge in [-0.2, -0.15) is 5.10 Å². The number of aromatic nitrogens is 2. The first-order valence-electron chi connectivity index (χ1n) is 5.24. The number of amides is 1. The molecule has 2 N–H and O–H groups in total. The van der Waals surface area contributed by atoms with E-state index >= 15 is 0 Å². The summed E-state index contributed by atoms with van der Waals surface area (Å²) in [4.78, 5) is 13.9. The van der Waals surface area contributed by atoms with Crippen molar-refractivity contribution >= 4 is 17.3 Å². The lowest BCUT2D eigenvalue weighted by molar-refractivity contribution is 0.102. The Labute approximate surface area is 99.5 Å². The van der Waals surface area contributed by atoms with E-state index < -0.39 is 0 Å². The van der Waals surface area contributed by atoms with E-state index in [2.05, 4.69) is 15.5 Å². The van der Waals surface area contributed by atoms with Gasteiger partial charge in [0.05, 0.1) is 11.9 Å². The summed E-state index contributed by atoms with van der Waals surface area (Å²) in [7, 11) is 3.88. The SMILES string of the molecule is CN(C)c1cccc(C(=O)Nc2cn[nH]c2)c1. The number of H-pyrrole nitrogens is 1. The average molecular weight is 230 g/mol. The highest BCUT2D eigenvalue weighted by Crippen LogP contribution is 2.14. The molecule has 0 aliphatic carbocycles. The molecule has 0 radical (unpaired) electrons. The Morgan fingerprint density at radius 3 is 2.88 bits per heavy atom. The zero-order chi connectivity index (χ0) is 12.3. The molecule has 0 saturated carbocycles. The minimum absolute atomic E-state index is 0.143. The van der Waals surface area contributed by atoms with Crippen LogP contribution in [0.2, 0.25) is 0 Å². The van der Waals surface area contributed by atoms with E-state index in [9.17, 15) is 4.79 Å². The van der Waals surface area contributed by atoms with Crippen LogP contribution in [0.15, 0.2) is 36.7 Å². The highest BCUT2D eigenvalue weighted by molar-refractivity contribution is 6.04. The number of carbonyl (C=O) groups excluding carboxylic acids is 1. The third kappa shape index (κ3) is 2.63. The van der Waals surface area contributed by atoms with E-state index in [-0.39, 0.29) is 5.91 Å². The van der Waals surface area contributed by atoms with Crippen molar-refractivity contribution in [1.29, 1.82) is 0 Å². The first-order chi connectivity index (χ1) is 8.16. The number of benzene rings is 1. The number of aromatic amines is 1. The maximum atomic E-state index is 11.9. The van der Waals surface area contributed by atoms with E-state index in [4.69, 9.17) is 0 Å². The first kappa shape index (κ1) is 11.2. The minimum Gasteiger partial charge on any atom is -0.378 e. The highest BCUT2D eigenvalue weighted by Gasteiger charge is 2.07. The molecule has 17 heavy (non-hydrogen) atoms. The van der Waals surface area contributed by atoms with Gasteiger partial charge in [-0.05, 0) is 18.2 Å². The molecule has 1 amide bonds. The third-order valence-electron chi connectivity index (χ3n) is 2.38. The van der Waals surface area contributed by atoms with Crippen molar-refractivity contribution in [3.63, 3.8) is 0 Å².